The SMILES string of the molecule is O=C(O)[C@@H]1CSCN1C(=O)c1ccn(-c2ccccc2)n1. The van der Waals surface area contributed by atoms with Gasteiger partial charge in [0.2, 0.25) is 0 Å². The zero-order valence-corrected chi connectivity index (χ0v) is 11.9. The molecule has 1 N–H and O–H groups in total. The van der Waals surface area contributed by atoms with Crippen LogP contribution in [0, 0.1) is 0 Å². The first kappa shape index (κ1) is 13.7. The summed E-state index contributed by atoms with van der Waals surface area (Å²) < 4.78 is 1.60. The number of thioether (sulfide) groups is 1. The molecule has 1 fully saturated rings. The van der Waals surface area contributed by atoms with Gasteiger partial charge < -0.3 is 10.0 Å². The van der Waals surface area contributed by atoms with E-state index in [2.05, 4.69) is 5.10 Å². The van der Waals surface area contributed by atoms with Crippen LogP contribution in [0.1, 0.15) is 10.5 Å². The van der Waals surface area contributed by atoms with Crippen LogP contribution in [0.15, 0.2) is 42.6 Å². The summed E-state index contributed by atoms with van der Waals surface area (Å²) in [4.78, 5) is 24.9. The maximum absolute atomic E-state index is 12.4. The van der Waals surface area contributed by atoms with Crippen LogP contribution < -0.4 is 0 Å². The Hall–Kier alpha value is -2.28. The average Bonchev–Trinajstić information content (AvgIpc) is 3.17. The van der Waals surface area contributed by atoms with Crippen molar-refractivity contribution in [1.82, 2.24) is 14.7 Å². The van der Waals surface area contributed by atoms with E-state index in [1.807, 2.05) is 30.3 Å². The third kappa shape index (κ3) is 2.64. The minimum Gasteiger partial charge on any atom is -0.480 e. The Morgan fingerprint density at radius 2 is 2.00 bits per heavy atom. The summed E-state index contributed by atoms with van der Waals surface area (Å²) in [6.45, 7) is 0. The zero-order valence-electron chi connectivity index (χ0n) is 11.0. The number of hydrogen-bond donors (Lipinski definition) is 1. The Morgan fingerprint density at radius 3 is 2.71 bits per heavy atom. The summed E-state index contributed by atoms with van der Waals surface area (Å²) in [6.07, 6.45) is 1.70. The molecule has 0 unspecified atom stereocenters. The molecule has 1 aromatic heterocycles. The molecule has 1 aliphatic rings. The Labute approximate surface area is 125 Å². The number of carboxylic acid groups (broad SMARTS) is 1. The molecule has 2 aromatic rings. The van der Waals surface area contributed by atoms with E-state index >= 15 is 0 Å². The van der Waals surface area contributed by atoms with E-state index in [4.69, 9.17) is 5.11 Å². The van der Waals surface area contributed by atoms with Crippen molar-refractivity contribution in [1.29, 1.82) is 0 Å². The third-order valence-corrected chi connectivity index (χ3v) is 4.27. The summed E-state index contributed by atoms with van der Waals surface area (Å²) >= 11 is 1.43. The lowest BCUT2D eigenvalue weighted by Gasteiger charge is -2.19. The molecule has 1 amide bonds. The van der Waals surface area contributed by atoms with Gasteiger partial charge in [0.05, 0.1) is 11.6 Å². The van der Waals surface area contributed by atoms with Crippen LogP contribution in [-0.4, -0.2) is 49.3 Å². The standard InChI is InChI=1S/C14H13N3O3S/c18-13(16-9-21-8-12(16)14(19)20)11-6-7-17(15-11)10-4-2-1-3-5-10/h1-7,12H,8-9H2,(H,19,20)/t12-/m0/s1. The first-order valence-electron chi connectivity index (χ1n) is 6.39. The van der Waals surface area contributed by atoms with Crippen molar-refractivity contribution in [3.8, 4) is 5.69 Å². The molecule has 7 heteroatoms. The molecule has 1 atom stereocenters. The van der Waals surface area contributed by atoms with Gasteiger partial charge in [0, 0.05) is 11.9 Å². The normalized spacial score (nSPS) is 17.9. The molecular weight excluding hydrogens is 290 g/mol. The average molecular weight is 303 g/mol. The topological polar surface area (TPSA) is 75.4 Å². The molecule has 6 nitrogen and oxygen atoms in total. The molecule has 21 heavy (non-hydrogen) atoms. The Kier molecular flexibility index (Phi) is 3.66. The van der Waals surface area contributed by atoms with Crippen LogP contribution in [0.3, 0.4) is 0 Å². The predicted molar refractivity (Wildman–Crippen MR) is 78.5 cm³/mol. The minimum absolute atomic E-state index is 0.257. The van der Waals surface area contributed by atoms with E-state index in [0.29, 0.717) is 11.6 Å². The van der Waals surface area contributed by atoms with Gasteiger partial charge in [-0.1, -0.05) is 18.2 Å². The maximum Gasteiger partial charge on any atom is 0.327 e. The quantitative estimate of drug-likeness (QED) is 0.929. The summed E-state index contributed by atoms with van der Waals surface area (Å²) in [7, 11) is 0. The van der Waals surface area contributed by atoms with Crippen molar-refractivity contribution >= 4 is 23.6 Å². The number of amides is 1. The van der Waals surface area contributed by atoms with Gasteiger partial charge in [0.25, 0.3) is 5.91 Å². The molecule has 1 aromatic carbocycles. The van der Waals surface area contributed by atoms with E-state index in [-0.39, 0.29) is 11.6 Å². The highest BCUT2D eigenvalue weighted by Crippen LogP contribution is 2.23. The van der Waals surface area contributed by atoms with E-state index < -0.39 is 12.0 Å². The smallest absolute Gasteiger partial charge is 0.327 e. The molecule has 108 valence electrons. The molecule has 3 rings (SSSR count). The van der Waals surface area contributed by atoms with Crippen molar-refractivity contribution in [2.45, 2.75) is 6.04 Å². The van der Waals surface area contributed by atoms with E-state index in [1.165, 1.54) is 16.7 Å². The fourth-order valence-electron chi connectivity index (χ4n) is 2.16. The monoisotopic (exact) mass is 303 g/mol. The summed E-state index contributed by atoms with van der Waals surface area (Å²) in [5, 5.41) is 13.4. The number of carbonyl (C=O) groups is 2. The number of nitrogens with zero attached hydrogens (tertiary/aromatic N) is 3. The lowest BCUT2D eigenvalue weighted by Crippen LogP contribution is -2.41. The first-order valence-corrected chi connectivity index (χ1v) is 7.55. The number of carboxylic acids is 1. The summed E-state index contributed by atoms with van der Waals surface area (Å²) in [6, 6.07) is 10.3. The molecule has 0 spiro atoms. The summed E-state index contributed by atoms with van der Waals surface area (Å²) in [5.74, 6) is -0.521. The van der Waals surface area contributed by atoms with Gasteiger partial charge in [-0.15, -0.1) is 11.8 Å². The lowest BCUT2D eigenvalue weighted by molar-refractivity contribution is -0.140. The second kappa shape index (κ2) is 5.61. The second-order valence-corrected chi connectivity index (χ2v) is 5.61. The third-order valence-electron chi connectivity index (χ3n) is 3.26. The fourth-order valence-corrected chi connectivity index (χ4v) is 3.30. The van der Waals surface area contributed by atoms with Crippen LogP contribution in [0.2, 0.25) is 0 Å². The van der Waals surface area contributed by atoms with E-state index in [1.54, 1.807) is 16.9 Å². The Balaban J connectivity index is 1.83. The van der Waals surface area contributed by atoms with Crippen molar-refractivity contribution < 1.29 is 14.7 Å². The number of aromatic nitrogens is 2. The number of carbonyl (C=O) groups excluding carboxylic acids is 1. The van der Waals surface area contributed by atoms with E-state index in [0.717, 1.165) is 5.69 Å². The molecule has 0 bridgehead atoms. The van der Waals surface area contributed by atoms with Crippen LogP contribution in [0.25, 0.3) is 5.69 Å². The van der Waals surface area contributed by atoms with Gasteiger partial charge in [-0.25, -0.2) is 9.48 Å². The highest BCUT2D eigenvalue weighted by atomic mass is 32.2. The number of aliphatic carboxylic acids is 1. The predicted octanol–water partition coefficient (Wildman–Crippen LogP) is 1.47. The molecule has 0 radical (unpaired) electrons. The highest BCUT2D eigenvalue weighted by molar-refractivity contribution is 7.99. The summed E-state index contributed by atoms with van der Waals surface area (Å²) in [5.41, 5.74) is 1.11. The second-order valence-electron chi connectivity index (χ2n) is 4.61. The number of para-hydroxylation sites is 1. The van der Waals surface area contributed by atoms with Gasteiger partial charge in [-0.3, -0.25) is 4.79 Å². The van der Waals surface area contributed by atoms with Crippen molar-refractivity contribution in [2.75, 3.05) is 11.6 Å². The van der Waals surface area contributed by atoms with Gasteiger partial charge in [0.15, 0.2) is 5.69 Å². The van der Waals surface area contributed by atoms with Crippen LogP contribution in [0.5, 0.6) is 0 Å². The van der Waals surface area contributed by atoms with Crippen molar-refractivity contribution in [2.24, 2.45) is 0 Å². The van der Waals surface area contributed by atoms with Gasteiger partial charge in [0.1, 0.15) is 6.04 Å². The largest absolute Gasteiger partial charge is 0.480 e. The first-order chi connectivity index (χ1) is 10.2. The van der Waals surface area contributed by atoms with Crippen molar-refractivity contribution in [3.63, 3.8) is 0 Å². The number of hydrogen-bond acceptors (Lipinski definition) is 4. The number of rotatable bonds is 3. The molecule has 2 heterocycles. The molecule has 0 saturated carbocycles. The van der Waals surface area contributed by atoms with Crippen LogP contribution in [-0.2, 0) is 4.79 Å². The van der Waals surface area contributed by atoms with Gasteiger partial charge in [-0.2, -0.15) is 5.10 Å². The minimum atomic E-state index is -0.976. The Morgan fingerprint density at radius 1 is 1.24 bits per heavy atom. The highest BCUT2D eigenvalue weighted by Gasteiger charge is 2.35. The molecular formula is C14H13N3O3S. The van der Waals surface area contributed by atoms with E-state index in [9.17, 15) is 9.59 Å². The maximum atomic E-state index is 12.4. The molecule has 1 aliphatic heterocycles. The van der Waals surface area contributed by atoms with Crippen molar-refractivity contribution in [3.05, 3.63) is 48.3 Å². The van der Waals surface area contributed by atoms with Crippen LogP contribution in [0.4, 0.5) is 0 Å². The zero-order chi connectivity index (χ0) is 14.8. The Bertz CT molecular complexity index is 671. The lowest BCUT2D eigenvalue weighted by atomic mass is 10.2. The van der Waals surface area contributed by atoms with Gasteiger partial charge >= 0.3 is 5.97 Å². The molecule has 0 aliphatic carbocycles. The van der Waals surface area contributed by atoms with Gasteiger partial charge in [-0.05, 0) is 18.2 Å². The number of benzene rings is 1. The fraction of sp³-hybridized carbons (Fsp3) is 0.214. The molecule has 1 saturated heterocycles. The van der Waals surface area contributed by atoms with Crippen LogP contribution >= 0.6 is 11.8 Å².